The molecular weight excluding hydrogens is 244 g/mol. The Morgan fingerprint density at radius 2 is 1.84 bits per heavy atom. The van der Waals surface area contributed by atoms with Gasteiger partial charge in [-0.05, 0) is 30.5 Å². The van der Waals surface area contributed by atoms with Gasteiger partial charge in [-0.3, -0.25) is 14.6 Å². The molecule has 19 heavy (non-hydrogen) atoms. The number of hydrogen-bond donors (Lipinski definition) is 2. The first-order valence-electron chi connectivity index (χ1n) is 6.58. The van der Waals surface area contributed by atoms with Crippen molar-refractivity contribution in [3.8, 4) is 0 Å². The number of carbonyl (C=O) groups excluding carboxylic acids is 1. The summed E-state index contributed by atoms with van der Waals surface area (Å²) >= 11 is 0. The average molecular weight is 262 g/mol. The van der Waals surface area contributed by atoms with Crippen molar-refractivity contribution >= 4 is 11.9 Å². The minimum atomic E-state index is -0.858. The Morgan fingerprint density at radius 1 is 1.21 bits per heavy atom. The lowest BCUT2D eigenvalue weighted by Gasteiger charge is -2.27. The summed E-state index contributed by atoms with van der Waals surface area (Å²) in [5, 5.41) is 12.0. The lowest BCUT2D eigenvalue weighted by Crippen LogP contribution is -2.39. The van der Waals surface area contributed by atoms with Gasteiger partial charge in [0.15, 0.2) is 0 Å². The molecule has 0 saturated heterocycles. The van der Waals surface area contributed by atoms with E-state index in [1.807, 2.05) is 12.1 Å². The van der Waals surface area contributed by atoms with E-state index in [1.54, 1.807) is 12.4 Å². The maximum atomic E-state index is 12.1. The highest BCUT2D eigenvalue weighted by atomic mass is 16.4. The molecule has 0 unspecified atom stereocenters. The number of carboxylic acids is 1. The Labute approximate surface area is 112 Å². The van der Waals surface area contributed by atoms with Gasteiger partial charge in [0.05, 0.1) is 11.8 Å². The van der Waals surface area contributed by atoms with Crippen LogP contribution < -0.4 is 5.32 Å². The molecule has 1 amide bonds. The van der Waals surface area contributed by atoms with Crippen LogP contribution in [-0.4, -0.2) is 22.0 Å². The third-order valence-electron chi connectivity index (χ3n) is 3.64. The Bertz CT molecular complexity index is 447. The molecule has 2 N–H and O–H groups in total. The van der Waals surface area contributed by atoms with Crippen LogP contribution in [0.2, 0.25) is 0 Å². The van der Waals surface area contributed by atoms with Crippen LogP contribution in [0.3, 0.4) is 0 Å². The van der Waals surface area contributed by atoms with Crippen molar-refractivity contribution in [3.63, 3.8) is 0 Å². The van der Waals surface area contributed by atoms with Gasteiger partial charge in [0.2, 0.25) is 5.91 Å². The fourth-order valence-corrected chi connectivity index (χ4v) is 2.56. The molecule has 1 aromatic heterocycles. The van der Waals surface area contributed by atoms with E-state index in [-0.39, 0.29) is 5.91 Å². The topological polar surface area (TPSA) is 79.3 Å². The molecule has 1 aliphatic carbocycles. The molecule has 1 aliphatic rings. The van der Waals surface area contributed by atoms with Crippen molar-refractivity contribution in [3.05, 3.63) is 30.1 Å². The number of carboxylic acid groups (broad SMARTS) is 1. The summed E-state index contributed by atoms with van der Waals surface area (Å²) in [5.41, 5.74) is 0.964. The minimum Gasteiger partial charge on any atom is -0.481 e. The molecule has 0 aliphatic heterocycles. The maximum absolute atomic E-state index is 12.1. The SMILES string of the molecule is O=C(O)[C@H]1CCCC[C@H]1C(=O)NCc1ccncc1. The number of aliphatic carboxylic acids is 1. The minimum absolute atomic E-state index is 0.149. The zero-order chi connectivity index (χ0) is 13.7. The third-order valence-corrected chi connectivity index (χ3v) is 3.64. The summed E-state index contributed by atoms with van der Waals surface area (Å²) in [6.07, 6.45) is 6.42. The van der Waals surface area contributed by atoms with Crippen molar-refractivity contribution < 1.29 is 14.7 Å². The van der Waals surface area contributed by atoms with Crippen LogP contribution in [0.4, 0.5) is 0 Å². The van der Waals surface area contributed by atoms with Gasteiger partial charge in [-0.1, -0.05) is 12.8 Å². The van der Waals surface area contributed by atoms with E-state index in [9.17, 15) is 9.59 Å². The number of amides is 1. The fourth-order valence-electron chi connectivity index (χ4n) is 2.56. The van der Waals surface area contributed by atoms with Crippen LogP contribution in [0.15, 0.2) is 24.5 Å². The second-order valence-corrected chi connectivity index (χ2v) is 4.91. The molecule has 1 heterocycles. The zero-order valence-electron chi connectivity index (χ0n) is 10.7. The van der Waals surface area contributed by atoms with Crippen molar-refractivity contribution in [2.45, 2.75) is 32.2 Å². The van der Waals surface area contributed by atoms with Crippen LogP contribution in [-0.2, 0) is 16.1 Å². The summed E-state index contributed by atoms with van der Waals surface area (Å²) in [4.78, 5) is 27.2. The van der Waals surface area contributed by atoms with E-state index in [0.29, 0.717) is 19.4 Å². The Balaban J connectivity index is 1.93. The molecule has 1 aromatic rings. The zero-order valence-corrected chi connectivity index (χ0v) is 10.7. The average Bonchev–Trinajstić information content (AvgIpc) is 2.46. The van der Waals surface area contributed by atoms with Gasteiger partial charge < -0.3 is 10.4 Å². The number of hydrogen-bond acceptors (Lipinski definition) is 3. The first-order valence-corrected chi connectivity index (χ1v) is 6.58. The molecule has 102 valence electrons. The van der Waals surface area contributed by atoms with Crippen LogP contribution in [0.5, 0.6) is 0 Å². The summed E-state index contributed by atoms with van der Waals surface area (Å²) in [6, 6.07) is 3.66. The third kappa shape index (κ3) is 3.53. The molecule has 1 saturated carbocycles. The smallest absolute Gasteiger partial charge is 0.307 e. The van der Waals surface area contributed by atoms with E-state index >= 15 is 0 Å². The van der Waals surface area contributed by atoms with Crippen molar-refractivity contribution in [2.75, 3.05) is 0 Å². The van der Waals surface area contributed by atoms with Gasteiger partial charge >= 0.3 is 5.97 Å². The predicted octanol–water partition coefficient (Wildman–Crippen LogP) is 1.59. The number of nitrogens with zero attached hydrogens (tertiary/aromatic N) is 1. The Morgan fingerprint density at radius 3 is 2.47 bits per heavy atom. The van der Waals surface area contributed by atoms with Gasteiger partial charge in [-0.15, -0.1) is 0 Å². The Hall–Kier alpha value is -1.91. The van der Waals surface area contributed by atoms with E-state index in [1.165, 1.54) is 0 Å². The highest BCUT2D eigenvalue weighted by Gasteiger charge is 2.35. The van der Waals surface area contributed by atoms with Crippen molar-refractivity contribution in [1.82, 2.24) is 10.3 Å². The number of carbonyl (C=O) groups is 2. The van der Waals surface area contributed by atoms with E-state index in [2.05, 4.69) is 10.3 Å². The largest absolute Gasteiger partial charge is 0.481 e. The van der Waals surface area contributed by atoms with Gasteiger partial charge in [-0.25, -0.2) is 0 Å². The summed E-state index contributed by atoms with van der Waals surface area (Å²) < 4.78 is 0. The van der Waals surface area contributed by atoms with Gasteiger partial charge in [0, 0.05) is 18.9 Å². The second-order valence-electron chi connectivity index (χ2n) is 4.91. The summed E-state index contributed by atoms with van der Waals surface area (Å²) in [7, 11) is 0. The molecule has 0 aromatic carbocycles. The quantitative estimate of drug-likeness (QED) is 0.863. The second kappa shape index (κ2) is 6.31. The first-order chi connectivity index (χ1) is 9.18. The monoisotopic (exact) mass is 262 g/mol. The molecule has 0 spiro atoms. The number of nitrogens with one attached hydrogen (secondary N) is 1. The molecular formula is C14H18N2O3. The first kappa shape index (κ1) is 13.5. The molecule has 5 nitrogen and oxygen atoms in total. The molecule has 5 heteroatoms. The van der Waals surface area contributed by atoms with Gasteiger partial charge in [-0.2, -0.15) is 0 Å². The number of pyridine rings is 1. The van der Waals surface area contributed by atoms with Crippen LogP contribution in [0, 0.1) is 11.8 Å². The van der Waals surface area contributed by atoms with Gasteiger partial charge in [0.25, 0.3) is 0 Å². The van der Waals surface area contributed by atoms with Crippen LogP contribution in [0.1, 0.15) is 31.2 Å². The number of aromatic nitrogens is 1. The van der Waals surface area contributed by atoms with E-state index in [0.717, 1.165) is 18.4 Å². The molecule has 1 fully saturated rings. The van der Waals surface area contributed by atoms with Crippen LogP contribution >= 0.6 is 0 Å². The highest BCUT2D eigenvalue weighted by molar-refractivity contribution is 5.84. The van der Waals surface area contributed by atoms with Crippen LogP contribution in [0.25, 0.3) is 0 Å². The molecule has 2 rings (SSSR count). The fraction of sp³-hybridized carbons (Fsp3) is 0.500. The maximum Gasteiger partial charge on any atom is 0.307 e. The Kier molecular flexibility index (Phi) is 4.49. The number of rotatable bonds is 4. The van der Waals surface area contributed by atoms with Crippen molar-refractivity contribution in [1.29, 1.82) is 0 Å². The lowest BCUT2D eigenvalue weighted by molar-refractivity contribution is -0.148. The van der Waals surface area contributed by atoms with Gasteiger partial charge in [0.1, 0.15) is 0 Å². The standard InChI is InChI=1S/C14H18N2O3/c17-13(16-9-10-5-7-15-8-6-10)11-3-1-2-4-12(11)14(18)19/h5-8,11-12H,1-4,9H2,(H,16,17)(H,18,19)/t11-,12+/m1/s1. The van der Waals surface area contributed by atoms with E-state index < -0.39 is 17.8 Å². The molecule has 2 atom stereocenters. The predicted molar refractivity (Wildman–Crippen MR) is 69.2 cm³/mol. The molecule has 0 bridgehead atoms. The highest BCUT2D eigenvalue weighted by Crippen LogP contribution is 2.30. The van der Waals surface area contributed by atoms with Crippen molar-refractivity contribution in [2.24, 2.45) is 11.8 Å². The normalized spacial score (nSPS) is 22.7. The van der Waals surface area contributed by atoms with E-state index in [4.69, 9.17) is 5.11 Å². The lowest BCUT2D eigenvalue weighted by atomic mass is 9.78. The summed E-state index contributed by atoms with van der Waals surface area (Å²) in [5.74, 6) is -1.94. The summed E-state index contributed by atoms with van der Waals surface area (Å²) in [6.45, 7) is 0.421. The molecule has 0 radical (unpaired) electrons.